The van der Waals surface area contributed by atoms with E-state index in [1.165, 1.54) is 0 Å². The Balaban J connectivity index is 1.49. The molecule has 2 amide bonds. The second-order valence-corrected chi connectivity index (χ2v) is 6.49. The van der Waals surface area contributed by atoms with Gasteiger partial charge in [-0.1, -0.05) is 5.16 Å². The predicted octanol–water partition coefficient (Wildman–Crippen LogP) is 0.869. The smallest absolute Gasteiger partial charge is 0.278 e. The summed E-state index contributed by atoms with van der Waals surface area (Å²) in [6.45, 7) is 5.73. The highest BCUT2D eigenvalue weighted by Crippen LogP contribution is 2.23. The van der Waals surface area contributed by atoms with Crippen molar-refractivity contribution in [3.63, 3.8) is 0 Å². The van der Waals surface area contributed by atoms with E-state index in [9.17, 15) is 9.59 Å². The van der Waals surface area contributed by atoms with Crippen LogP contribution in [-0.4, -0.2) is 71.3 Å². The fraction of sp³-hybridized carbons (Fsp3) is 0.750. The predicted molar refractivity (Wildman–Crippen MR) is 84.3 cm³/mol. The van der Waals surface area contributed by atoms with E-state index in [1.54, 1.807) is 11.8 Å². The lowest BCUT2D eigenvalue weighted by Crippen LogP contribution is -2.42. The molecule has 0 radical (unpaired) electrons. The van der Waals surface area contributed by atoms with Gasteiger partial charge in [-0.05, 0) is 37.3 Å². The normalized spacial score (nSPS) is 21.8. The van der Waals surface area contributed by atoms with Crippen molar-refractivity contribution < 1.29 is 19.0 Å². The summed E-state index contributed by atoms with van der Waals surface area (Å²) < 4.78 is 9.90. The molecule has 1 aromatic rings. The quantitative estimate of drug-likeness (QED) is 0.810. The summed E-state index contributed by atoms with van der Waals surface area (Å²) in [5.41, 5.74) is 0.810. The van der Waals surface area contributed by atoms with Crippen molar-refractivity contribution in [3.8, 4) is 0 Å². The number of morpholine rings is 1. The van der Waals surface area contributed by atoms with E-state index in [2.05, 4.69) is 14.9 Å². The highest BCUT2D eigenvalue weighted by atomic mass is 16.6. The molecule has 8 heteroatoms. The lowest BCUT2D eigenvalue weighted by atomic mass is 9.93. The zero-order chi connectivity index (χ0) is 16.9. The molecule has 1 aromatic heterocycles. The molecule has 2 aliphatic heterocycles. The lowest BCUT2D eigenvalue weighted by molar-refractivity contribution is -0.135. The van der Waals surface area contributed by atoms with Crippen molar-refractivity contribution in [3.05, 3.63) is 11.4 Å². The maximum absolute atomic E-state index is 12.5. The number of hydrogen-bond acceptors (Lipinski definition) is 6. The van der Waals surface area contributed by atoms with Crippen LogP contribution in [0.25, 0.3) is 0 Å². The van der Waals surface area contributed by atoms with Crippen molar-refractivity contribution >= 4 is 11.8 Å². The Hall–Kier alpha value is -1.96. The number of piperidine rings is 1. The number of rotatable bonds is 4. The zero-order valence-corrected chi connectivity index (χ0v) is 14.1. The standard InChI is InChI=1S/C16H24N4O4/c1-12-15(18-24-17-12)16(22)20-6-2-3-13(11-20)4-5-14(21)19-7-9-23-10-8-19/h13H,2-11H2,1H3/t13-/m0/s1. The highest BCUT2D eigenvalue weighted by Gasteiger charge is 2.28. The highest BCUT2D eigenvalue weighted by molar-refractivity contribution is 5.93. The molecule has 0 unspecified atom stereocenters. The van der Waals surface area contributed by atoms with Crippen LogP contribution in [0.4, 0.5) is 0 Å². The number of amides is 2. The van der Waals surface area contributed by atoms with Crippen molar-refractivity contribution in [1.29, 1.82) is 0 Å². The van der Waals surface area contributed by atoms with E-state index >= 15 is 0 Å². The number of likely N-dealkylation sites (tertiary alicyclic amines) is 1. The second kappa shape index (κ2) is 7.74. The Morgan fingerprint density at radius 1 is 1.17 bits per heavy atom. The molecule has 0 saturated carbocycles. The Bertz CT molecular complexity index is 582. The first-order valence-corrected chi connectivity index (χ1v) is 8.59. The Morgan fingerprint density at radius 3 is 2.67 bits per heavy atom. The van der Waals surface area contributed by atoms with Crippen LogP contribution in [0.15, 0.2) is 4.63 Å². The van der Waals surface area contributed by atoms with Crippen molar-refractivity contribution in [2.24, 2.45) is 5.92 Å². The molecule has 0 spiro atoms. The molecule has 2 saturated heterocycles. The first-order valence-electron chi connectivity index (χ1n) is 8.59. The van der Waals surface area contributed by atoms with E-state index in [0.717, 1.165) is 25.8 Å². The molecule has 0 N–H and O–H groups in total. The number of ether oxygens (including phenoxy) is 1. The number of aromatic nitrogens is 2. The fourth-order valence-electron chi connectivity index (χ4n) is 3.36. The monoisotopic (exact) mass is 336 g/mol. The van der Waals surface area contributed by atoms with E-state index in [-0.39, 0.29) is 11.8 Å². The van der Waals surface area contributed by atoms with Crippen LogP contribution < -0.4 is 0 Å². The number of hydrogen-bond donors (Lipinski definition) is 0. The molecule has 8 nitrogen and oxygen atoms in total. The SMILES string of the molecule is Cc1nonc1C(=O)N1CCC[C@@H](CCC(=O)N2CCOCC2)C1. The Labute approximate surface area is 141 Å². The summed E-state index contributed by atoms with van der Waals surface area (Å²) >= 11 is 0. The summed E-state index contributed by atoms with van der Waals surface area (Å²) in [7, 11) is 0. The maximum atomic E-state index is 12.5. The van der Waals surface area contributed by atoms with Crippen LogP contribution in [0.3, 0.4) is 0 Å². The molecule has 2 aliphatic rings. The minimum atomic E-state index is -0.127. The third kappa shape index (κ3) is 3.92. The van der Waals surface area contributed by atoms with Crippen LogP contribution in [0.1, 0.15) is 41.9 Å². The van der Waals surface area contributed by atoms with Crippen LogP contribution >= 0.6 is 0 Å². The van der Waals surface area contributed by atoms with Crippen LogP contribution in [0.5, 0.6) is 0 Å². The van der Waals surface area contributed by atoms with Gasteiger partial charge in [0.15, 0.2) is 5.69 Å². The number of carbonyl (C=O) groups is 2. The molecular weight excluding hydrogens is 312 g/mol. The minimum Gasteiger partial charge on any atom is -0.378 e. The molecular formula is C16H24N4O4. The van der Waals surface area contributed by atoms with E-state index in [4.69, 9.17) is 4.74 Å². The molecule has 132 valence electrons. The summed E-state index contributed by atoms with van der Waals surface area (Å²) in [5.74, 6) is 0.420. The maximum Gasteiger partial charge on any atom is 0.278 e. The number of carbonyl (C=O) groups excluding carboxylic acids is 2. The first-order chi connectivity index (χ1) is 11.6. The van der Waals surface area contributed by atoms with Gasteiger partial charge >= 0.3 is 0 Å². The average molecular weight is 336 g/mol. The van der Waals surface area contributed by atoms with Gasteiger partial charge in [0.2, 0.25) is 5.91 Å². The summed E-state index contributed by atoms with van der Waals surface area (Å²) in [6, 6.07) is 0. The van der Waals surface area contributed by atoms with E-state index < -0.39 is 0 Å². The molecule has 1 atom stereocenters. The fourth-order valence-corrected chi connectivity index (χ4v) is 3.36. The van der Waals surface area contributed by atoms with Crippen molar-refractivity contribution in [1.82, 2.24) is 20.1 Å². The first kappa shape index (κ1) is 16.9. The van der Waals surface area contributed by atoms with E-state index in [0.29, 0.717) is 56.6 Å². The average Bonchev–Trinajstić information content (AvgIpc) is 3.06. The van der Waals surface area contributed by atoms with Gasteiger partial charge in [0.05, 0.1) is 13.2 Å². The largest absolute Gasteiger partial charge is 0.378 e. The van der Waals surface area contributed by atoms with Gasteiger partial charge < -0.3 is 14.5 Å². The topological polar surface area (TPSA) is 88.8 Å². The van der Waals surface area contributed by atoms with Gasteiger partial charge in [-0.25, -0.2) is 4.63 Å². The molecule has 0 aliphatic carbocycles. The molecule has 0 aromatic carbocycles. The van der Waals surface area contributed by atoms with Crippen LogP contribution in [-0.2, 0) is 9.53 Å². The molecule has 3 heterocycles. The summed E-state index contributed by atoms with van der Waals surface area (Å²) in [5, 5.41) is 7.37. The molecule has 0 bridgehead atoms. The lowest BCUT2D eigenvalue weighted by Gasteiger charge is -2.33. The Morgan fingerprint density at radius 2 is 1.96 bits per heavy atom. The third-order valence-electron chi connectivity index (χ3n) is 4.79. The van der Waals surface area contributed by atoms with Crippen LogP contribution in [0, 0.1) is 12.8 Å². The third-order valence-corrected chi connectivity index (χ3v) is 4.79. The van der Waals surface area contributed by atoms with Gasteiger partial charge in [-0.15, -0.1) is 0 Å². The van der Waals surface area contributed by atoms with Gasteiger partial charge in [0, 0.05) is 32.6 Å². The van der Waals surface area contributed by atoms with Crippen molar-refractivity contribution in [2.45, 2.75) is 32.6 Å². The summed E-state index contributed by atoms with van der Waals surface area (Å²) in [6.07, 6.45) is 3.36. The van der Waals surface area contributed by atoms with E-state index in [1.807, 2.05) is 4.90 Å². The number of nitrogens with zero attached hydrogens (tertiary/aromatic N) is 4. The second-order valence-electron chi connectivity index (χ2n) is 6.49. The van der Waals surface area contributed by atoms with Gasteiger partial charge in [-0.3, -0.25) is 9.59 Å². The van der Waals surface area contributed by atoms with Crippen LogP contribution in [0.2, 0.25) is 0 Å². The van der Waals surface area contributed by atoms with Crippen molar-refractivity contribution in [2.75, 3.05) is 39.4 Å². The zero-order valence-electron chi connectivity index (χ0n) is 14.1. The number of aryl methyl sites for hydroxylation is 1. The Kier molecular flexibility index (Phi) is 5.44. The minimum absolute atomic E-state index is 0.127. The summed E-state index contributed by atoms with van der Waals surface area (Å²) in [4.78, 5) is 28.4. The van der Waals surface area contributed by atoms with Gasteiger partial charge in [-0.2, -0.15) is 0 Å². The van der Waals surface area contributed by atoms with Gasteiger partial charge in [0.25, 0.3) is 5.91 Å². The van der Waals surface area contributed by atoms with Gasteiger partial charge in [0.1, 0.15) is 5.69 Å². The molecule has 24 heavy (non-hydrogen) atoms. The molecule has 2 fully saturated rings. The molecule has 3 rings (SSSR count).